The van der Waals surface area contributed by atoms with Crippen LogP contribution in [0.15, 0.2) is 77.3 Å². The molecular weight excluding hydrogens is 552 g/mol. The van der Waals surface area contributed by atoms with E-state index >= 15 is 0 Å². The molecular formula is C33H41BrN2O3. The molecule has 0 fully saturated rings. The molecule has 3 rings (SSSR count). The number of nitrogens with one attached hydrogen (secondary N) is 1. The van der Waals surface area contributed by atoms with Gasteiger partial charge in [-0.2, -0.15) is 0 Å². The van der Waals surface area contributed by atoms with E-state index in [1.54, 1.807) is 4.90 Å². The van der Waals surface area contributed by atoms with E-state index in [1.165, 1.54) is 5.56 Å². The van der Waals surface area contributed by atoms with Gasteiger partial charge in [0.15, 0.2) is 6.61 Å². The summed E-state index contributed by atoms with van der Waals surface area (Å²) in [4.78, 5) is 29.2. The SMILES string of the molecule is CCC(C)NC(=O)C(Cc1ccccc1)N(Cc1ccccc1C)C(=O)COc1ccc(C(C)(C)C)cc1Br. The molecule has 0 aliphatic heterocycles. The summed E-state index contributed by atoms with van der Waals surface area (Å²) in [6, 6.07) is 23.0. The third-order valence-corrected chi connectivity index (χ3v) is 7.64. The summed E-state index contributed by atoms with van der Waals surface area (Å²) in [7, 11) is 0. The van der Waals surface area contributed by atoms with Crippen LogP contribution in [0.1, 0.15) is 63.3 Å². The average molecular weight is 594 g/mol. The second kappa shape index (κ2) is 13.8. The fraction of sp³-hybridized carbons (Fsp3) is 0.394. The number of ether oxygens (including phenoxy) is 1. The Hall–Kier alpha value is -3.12. The fourth-order valence-corrected chi connectivity index (χ4v) is 4.77. The highest BCUT2D eigenvalue weighted by molar-refractivity contribution is 9.10. The molecule has 0 bridgehead atoms. The van der Waals surface area contributed by atoms with E-state index in [0.717, 1.165) is 27.6 Å². The lowest BCUT2D eigenvalue weighted by Gasteiger charge is -2.32. The highest BCUT2D eigenvalue weighted by Gasteiger charge is 2.31. The minimum Gasteiger partial charge on any atom is -0.483 e. The number of carbonyl (C=O) groups excluding carboxylic acids is 2. The number of carbonyl (C=O) groups is 2. The number of amides is 2. The molecule has 0 saturated carbocycles. The highest BCUT2D eigenvalue weighted by atomic mass is 79.9. The van der Waals surface area contributed by atoms with E-state index in [2.05, 4.69) is 42.0 Å². The number of halogens is 1. The van der Waals surface area contributed by atoms with Crippen LogP contribution in [-0.4, -0.2) is 35.4 Å². The van der Waals surface area contributed by atoms with Gasteiger partial charge in [-0.05, 0) is 76.0 Å². The molecule has 0 radical (unpaired) electrons. The molecule has 1 N–H and O–H groups in total. The lowest BCUT2D eigenvalue weighted by molar-refractivity contribution is -0.143. The molecule has 208 valence electrons. The zero-order valence-electron chi connectivity index (χ0n) is 24.0. The van der Waals surface area contributed by atoms with Crippen molar-refractivity contribution in [3.8, 4) is 5.75 Å². The summed E-state index contributed by atoms with van der Waals surface area (Å²) in [6.45, 7) is 12.6. The van der Waals surface area contributed by atoms with Crippen LogP contribution in [0, 0.1) is 6.92 Å². The molecule has 0 aliphatic rings. The molecule has 2 unspecified atom stereocenters. The first kappa shape index (κ1) is 30.4. The lowest BCUT2D eigenvalue weighted by Crippen LogP contribution is -2.53. The number of aryl methyl sites for hydroxylation is 1. The summed E-state index contributed by atoms with van der Waals surface area (Å²) >= 11 is 3.61. The van der Waals surface area contributed by atoms with Crippen molar-refractivity contribution in [2.24, 2.45) is 0 Å². The Kier molecular flexibility index (Phi) is 10.8. The van der Waals surface area contributed by atoms with Crippen molar-refractivity contribution < 1.29 is 14.3 Å². The van der Waals surface area contributed by atoms with Crippen molar-refractivity contribution in [2.45, 2.75) is 78.4 Å². The van der Waals surface area contributed by atoms with Crippen LogP contribution in [-0.2, 0) is 28.0 Å². The van der Waals surface area contributed by atoms with Crippen LogP contribution in [0.3, 0.4) is 0 Å². The van der Waals surface area contributed by atoms with Gasteiger partial charge in [0.1, 0.15) is 11.8 Å². The normalized spacial score (nSPS) is 12.9. The first-order chi connectivity index (χ1) is 18.5. The Morgan fingerprint density at radius 2 is 1.67 bits per heavy atom. The van der Waals surface area contributed by atoms with Gasteiger partial charge in [-0.1, -0.05) is 88.4 Å². The Balaban J connectivity index is 1.93. The van der Waals surface area contributed by atoms with E-state index in [4.69, 9.17) is 4.74 Å². The van der Waals surface area contributed by atoms with Crippen LogP contribution in [0.5, 0.6) is 5.75 Å². The predicted octanol–water partition coefficient (Wildman–Crippen LogP) is 6.99. The number of hydrogen-bond donors (Lipinski definition) is 1. The predicted molar refractivity (Wildman–Crippen MR) is 162 cm³/mol. The van der Waals surface area contributed by atoms with Gasteiger partial charge in [0.05, 0.1) is 4.47 Å². The van der Waals surface area contributed by atoms with Crippen molar-refractivity contribution in [2.75, 3.05) is 6.61 Å². The number of rotatable bonds is 11. The van der Waals surface area contributed by atoms with Gasteiger partial charge < -0.3 is 15.0 Å². The molecule has 0 heterocycles. The number of benzene rings is 3. The van der Waals surface area contributed by atoms with Crippen LogP contribution < -0.4 is 10.1 Å². The van der Waals surface area contributed by atoms with Crippen molar-refractivity contribution in [3.63, 3.8) is 0 Å². The van der Waals surface area contributed by atoms with Crippen LogP contribution >= 0.6 is 15.9 Å². The molecule has 2 atom stereocenters. The molecule has 39 heavy (non-hydrogen) atoms. The highest BCUT2D eigenvalue weighted by Crippen LogP contribution is 2.31. The fourth-order valence-electron chi connectivity index (χ4n) is 4.27. The quantitative estimate of drug-likeness (QED) is 0.261. The van der Waals surface area contributed by atoms with Crippen LogP contribution in [0.2, 0.25) is 0 Å². The maximum atomic E-state index is 13.9. The summed E-state index contributed by atoms with van der Waals surface area (Å²) in [5.41, 5.74) is 4.22. The van der Waals surface area contributed by atoms with Gasteiger partial charge in [0.2, 0.25) is 5.91 Å². The maximum Gasteiger partial charge on any atom is 0.261 e. The molecule has 0 saturated heterocycles. The standard InChI is InChI=1S/C33H41BrN2O3/c1-7-24(3)35-32(38)29(19-25-14-9-8-10-15-25)36(21-26-16-12-11-13-23(26)2)31(37)22-39-30-18-17-27(20-28(30)34)33(4,5)6/h8-18,20,24,29H,7,19,21-22H2,1-6H3,(H,35,38). The summed E-state index contributed by atoms with van der Waals surface area (Å²) < 4.78 is 6.82. The molecule has 0 aliphatic carbocycles. The monoisotopic (exact) mass is 592 g/mol. The van der Waals surface area contributed by atoms with Gasteiger partial charge in [0.25, 0.3) is 5.91 Å². The second-order valence-corrected chi connectivity index (χ2v) is 12.0. The zero-order valence-corrected chi connectivity index (χ0v) is 25.5. The molecule has 0 aromatic heterocycles. The van der Waals surface area contributed by atoms with Gasteiger partial charge >= 0.3 is 0 Å². The number of nitrogens with zero attached hydrogens (tertiary/aromatic N) is 1. The molecule has 2 amide bonds. The van der Waals surface area contributed by atoms with E-state index in [1.807, 2.05) is 93.6 Å². The Bertz CT molecular complexity index is 1250. The van der Waals surface area contributed by atoms with Crippen molar-refractivity contribution >= 4 is 27.7 Å². The minimum absolute atomic E-state index is 0.000256. The van der Waals surface area contributed by atoms with Gasteiger partial charge in [-0.25, -0.2) is 0 Å². The van der Waals surface area contributed by atoms with Crippen LogP contribution in [0.4, 0.5) is 0 Å². The summed E-state index contributed by atoms with van der Waals surface area (Å²) in [6.07, 6.45) is 1.21. The van der Waals surface area contributed by atoms with E-state index in [9.17, 15) is 9.59 Å². The molecule has 3 aromatic rings. The third kappa shape index (κ3) is 8.69. The first-order valence-electron chi connectivity index (χ1n) is 13.6. The topological polar surface area (TPSA) is 58.6 Å². The molecule has 3 aromatic carbocycles. The Morgan fingerprint density at radius 3 is 2.28 bits per heavy atom. The first-order valence-corrected chi connectivity index (χ1v) is 14.4. The third-order valence-electron chi connectivity index (χ3n) is 7.02. The maximum absolute atomic E-state index is 13.9. The van der Waals surface area contributed by atoms with Gasteiger partial charge in [-0.3, -0.25) is 9.59 Å². The molecule has 6 heteroatoms. The minimum atomic E-state index is -0.691. The van der Waals surface area contributed by atoms with Crippen molar-refractivity contribution in [3.05, 3.63) is 99.5 Å². The Labute approximate surface area is 242 Å². The zero-order chi connectivity index (χ0) is 28.6. The van der Waals surface area contributed by atoms with E-state index in [-0.39, 0.29) is 29.9 Å². The van der Waals surface area contributed by atoms with Crippen LogP contribution in [0.25, 0.3) is 0 Å². The van der Waals surface area contributed by atoms with Crippen molar-refractivity contribution in [1.82, 2.24) is 10.2 Å². The smallest absolute Gasteiger partial charge is 0.261 e. The van der Waals surface area contributed by atoms with E-state index < -0.39 is 6.04 Å². The van der Waals surface area contributed by atoms with E-state index in [0.29, 0.717) is 18.7 Å². The molecule has 0 spiro atoms. The van der Waals surface area contributed by atoms with Crippen molar-refractivity contribution in [1.29, 1.82) is 0 Å². The average Bonchev–Trinajstić information content (AvgIpc) is 2.90. The summed E-state index contributed by atoms with van der Waals surface area (Å²) in [5, 5.41) is 3.11. The largest absolute Gasteiger partial charge is 0.483 e. The Morgan fingerprint density at radius 1 is 1.00 bits per heavy atom. The van der Waals surface area contributed by atoms with Gasteiger partial charge in [0, 0.05) is 19.0 Å². The number of hydrogen-bond acceptors (Lipinski definition) is 3. The summed E-state index contributed by atoms with van der Waals surface area (Å²) in [5.74, 6) is 0.187. The lowest BCUT2D eigenvalue weighted by atomic mass is 9.87. The molecule has 5 nitrogen and oxygen atoms in total. The van der Waals surface area contributed by atoms with Gasteiger partial charge in [-0.15, -0.1) is 0 Å². The second-order valence-electron chi connectivity index (χ2n) is 11.2.